The Hall–Kier alpha value is -1.94. The molecule has 0 spiro atoms. The quantitative estimate of drug-likeness (QED) is 0.322. The van der Waals surface area contributed by atoms with E-state index in [1.807, 2.05) is 43.4 Å². The lowest BCUT2D eigenvalue weighted by Crippen LogP contribution is -2.36. The van der Waals surface area contributed by atoms with E-state index in [-0.39, 0.29) is 24.0 Å². The fourth-order valence-electron chi connectivity index (χ4n) is 2.65. The molecule has 8 heteroatoms. The van der Waals surface area contributed by atoms with Crippen LogP contribution in [0.4, 0.5) is 5.82 Å². The second-order valence-electron chi connectivity index (χ2n) is 6.20. The second-order valence-corrected chi connectivity index (χ2v) is 7.51. The number of hydrogen-bond acceptors (Lipinski definition) is 5. The highest BCUT2D eigenvalue weighted by Gasteiger charge is 2.08. The van der Waals surface area contributed by atoms with Gasteiger partial charge in [0.15, 0.2) is 5.96 Å². The van der Waals surface area contributed by atoms with Crippen LogP contribution in [0.5, 0.6) is 0 Å². The summed E-state index contributed by atoms with van der Waals surface area (Å²) in [5, 5.41) is 8.91. The summed E-state index contributed by atoms with van der Waals surface area (Å²) >= 11 is 1.69. The van der Waals surface area contributed by atoms with Crippen molar-refractivity contribution in [2.75, 3.05) is 26.0 Å². The van der Waals surface area contributed by atoms with Crippen LogP contribution in [0.25, 0.3) is 10.9 Å². The van der Waals surface area contributed by atoms with Gasteiger partial charge in [-0.3, -0.25) is 4.99 Å². The first-order valence-corrected chi connectivity index (χ1v) is 9.30. The molecule has 6 nitrogen and oxygen atoms in total. The Kier molecular flexibility index (Phi) is 7.78. The van der Waals surface area contributed by atoms with Gasteiger partial charge in [-0.15, -0.1) is 35.3 Å². The second kappa shape index (κ2) is 9.84. The highest BCUT2D eigenvalue weighted by atomic mass is 127. The minimum atomic E-state index is 0. The van der Waals surface area contributed by atoms with E-state index in [0.717, 1.165) is 27.7 Å². The number of nitrogens with zero attached hydrogens (tertiary/aromatic N) is 4. The first-order chi connectivity index (χ1) is 12.6. The van der Waals surface area contributed by atoms with E-state index in [1.54, 1.807) is 18.4 Å². The van der Waals surface area contributed by atoms with Crippen molar-refractivity contribution in [3.63, 3.8) is 0 Å². The highest BCUT2D eigenvalue weighted by Crippen LogP contribution is 2.22. The van der Waals surface area contributed by atoms with Crippen molar-refractivity contribution in [3.8, 4) is 0 Å². The van der Waals surface area contributed by atoms with Crippen molar-refractivity contribution in [1.82, 2.24) is 20.6 Å². The van der Waals surface area contributed by atoms with Gasteiger partial charge in [-0.25, -0.2) is 9.97 Å². The number of aliphatic imine (C=N–C) groups is 1. The van der Waals surface area contributed by atoms with Gasteiger partial charge in [0.25, 0.3) is 0 Å². The Morgan fingerprint density at radius 2 is 1.93 bits per heavy atom. The summed E-state index contributed by atoms with van der Waals surface area (Å²) in [5.74, 6) is 1.70. The molecule has 0 bridgehead atoms. The molecule has 2 aromatic heterocycles. The maximum absolute atomic E-state index is 4.71. The van der Waals surface area contributed by atoms with Gasteiger partial charge in [0.2, 0.25) is 0 Å². The molecule has 0 atom stereocenters. The SMILES string of the molecule is CN=C(NCc1ncc(C)s1)NCc1cc(N(C)C)nc2ccccc12.I. The minimum Gasteiger partial charge on any atom is -0.363 e. The molecular weight excluding hydrogens is 471 g/mol. The average molecular weight is 496 g/mol. The number of guanidine groups is 1. The van der Waals surface area contributed by atoms with Crippen molar-refractivity contribution in [3.05, 3.63) is 52.0 Å². The number of pyridine rings is 1. The highest BCUT2D eigenvalue weighted by molar-refractivity contribution is 14.0. The van der Waals surface area contributed by atoms with Crippen LogP contribution in [-0.4, -0.2) is 37.1 Å². The molecule has 0 aliphatic carbocycles. The topological polar surface area (TPSA) is 65.4 Å². The molecule has 1 aromatic carbocycles. The molecule has 0 aliphatic rings. The number of fused-ring (bicyclic) bond motifs is 1. The van der Waals surface area contributed by atoms with E-state index in [2.05, 4.69) is 39.7 Å². The van der Waals surface area contributed by atoms with Crippen molar-refractivity contribution in [2.45, 2.75) is 20.0 Å². The fourth-order valence-corrected chi connectivity index (χ4v) is 3.38. The summed E-state index contributed by atoms with van der Waals surface area (Å²) in [6.07, 6.45) is 1.89. The molecule has 0 saturated carbocycles. The zero-order valence-electron chi connectivity index (χ0n) is 16.0. The van der Waals surface area contributed by atoms with E-state index in [4.69, 9.17) is 4.98 Å². The van der Waals surface area contributed by atoms with E-state index in [9.17, 15) is 0 Å². The van der Waals surface area contributed by atoms with E-state index < -0.39 is 0 Å². The van der Waals surface area contributed by atoms with Crippen LogP contribution in [0, 0.1) is 6.92 Å². The van der Waals surface area contributed by atoms with Crippen molar-refractivity contribution < 1.29 is 0 Å². The van der Waals surface area contributed by atoms with Crippen LogP contribution in [0.3, 0.4) is 0 Å². The summed E-state index contributed by atoms with van der Waals surface area (Å²) in [6, 6.07) is 10.3. The van der Waals surface area contributed by atoms with Crippen LogP contribution in [0.2, 0.25) is 0 Å². The van der Waals surface area contributed by atoms with Gasteiger partial charge in [-0.1, -0.05) is 18.2 Å². The van der Waals surface area contributed by atoms with Gasteiger partial charge in [0.1, 0.15) is 10.8 Å². The van der Waals surface area contributed by atoms with Crippen LogP contribution in [-0.2, 0) is 13.1 Å². The lowest BCUT2D eigenvalue weighted by atomic mass is 10.1. The number of para-hydroxylation sites is 1. The van der Waals surface area contributed by atoms with E-state index >= 15 is 0 Å². The van der Waals surface area contributed by atoms with Gasteiger partial charge in [-0.05, 0) is 24.6 Å². The van der Waals surface area contributed by atoms with Crippen molar-refractivity contribution >= 4 is 58.0 Å². The van der Waals surface area contributed by atoms with Gasteiger partial charge in [-0.2, -0.15) is 0 Å². The normalized spacial score (nSPS) is 11.2. The standard InChI is InChI=1S/C19H24N6S.HI/c1-13-10-21-18(26-13)12-23-19(20-2)22-11-14-9-17(25(3)4)24-16-8-6-5-7-15(14)16;/h5-10H,11-12H2,1-4H3,(H2,20,22,23);1H. The molecule has 0 saturated heterocycles. The number of aryl methyl sites for hydroxylation is 1. The molecule has 0 fully saturated rings. The number of halogens is 1. The maximum atomic E-state index is 4.71. The molecule has 0 radical (unpaired) electrons. The Morgan fingerprint density at radius 1 is 1.19 bits per heavy atom. The Labute approximate surface area is 181 Å². The number of rotatable bonds is 5. The molecule has 2 heterocycles. The third kappa shape index (κ3) is 5.52. The van der Waals surface area contributed by atoms with Gasteiger partial charge < -0.3 is 15.5 Å². The zero-order chi connectivity index (χ0) is 18.5. The molecule has 0 aliphatic heterocycles. The molecule has 2 N–H and O–H groups in total. The summed E-state index contributed by atoms with van der Waals surface area (Å²) in [4.78, 5) is 16.6. The molecule has 144 valence electrons. The number of anilines is 1. The maximum Gasteiger partial charge on any atom is 0.191 e. The summed E-state index contributed by atoms with van der Waals surface area (Å²) in [5.41, 5.74) is 2.18. The van der Waals surface area contributed by atoms with Gasteiger partial charge in [0.05, 0.1) is 12.1 Å². The van der Waals surface area contributed by atoms with Crippen LogP contribution < -0.4 is 15.5 Å². The first kappa shape index (κ1) is 21.4. The molecule has 0 unspecified atom stereocenters. The molecule has 27 heavy (non-hydrogen) atoms. The summed E-state index contributed by atoms with van der Waals surface area (Å²) in [7, 11) is 5.79. The van der Waals surface area contributed by atoms with Crippen LogP contribution in [0.15, 0.2) is 41.5 Å². The third-order valence-corrected chi connectivity index (χ3v) is 4.91. The van der Waals surface area contributed by atoms with E-state index in [1.165, 1.54) is 10.4 Å². The number of thiazole rings is 1. The van der Waals surface area contributed by atoms with Gasteiger partial charge >= 0.3 is 0 Å². The smallest absolute Gasteiger partial charge is 0.191 e. The summed E-state index contributed by atoms with van der Waals surface area (Å²) in [6.45, 7) is 3.39. The zero-order valence-corrected chi connectivity index (χ0v) is 19.1. The predicted molar refractivity (Wildman–Crippen MR) is 125 cm³/mol. The minimum absolute atomic E-state index is 0. The Balaban J connectivity index is 0.00000261. The Morgan fingerprint density at radius 3 is 2.59 bits per heavy atom. The average Bonchev–Trinajstić information content (AvgIpc) is 3.06. The molecule has 3 aromatic rings. The number of benzene rings is 1. The lowest BCUT2D eigenvalue weighted by Gasteiger charge is -2.16. The van der Waals surface area contributed by atoms with Crippen LogP contribution >= 0.6 is 35.3 Å². The monoisotopic (exact) mass is 496 g/mol. The van der Waals surface area contributed by atoms with E-state index in [0.29, 0.717) is 13.1 Å². The third-order valence-electron chi connectivity index (χ3n) is 3.99. The van der Waals surface area contributed by atoms with Crippen LogP contribution in [0.1, 0.15) is 15.4 Å². The lowest BCUT2D eigenvalue weighted by molar-refractivity contribution is 0.807. The predicted octanol–water partition coefficient (Wildman–Crippen LogP) is 3.55. The molecular formula is C19H25IN6S. The Bertz CT molecular complexity index is 921. The molecule has 3 rings (SSSR count). The fraction of sp³-hybridized carbons (Fsp3) is 0.316. The van der Waals surface area contributed by atoms with Gasteiger partial charge in [0, 0.05) is 44.1 Å². The van der Waals surface area contributed by atoms with Crippen molar-refractivity contribution in [1.29, 1.82) is 0 Å². The van der Waals surface area contributed by atoms with Crippen molar-refractivity contribution in [2.24, 2.45) is 4.99 Å². The molecule has 0 amide bonds. The largest absolute Gasteiger partial charge is 0.363 e. The summed E-state index contributed by atoms with van der Waals surface area (Å²) < 4.78 is 0. The number of hydrogen-bond donors (Lipinski definition) is 2. The number of aromatic nitrogens is 2. The number of nitrogens with one attached hydrogen (secondary N) is 2. The first-order valence-electron chi connectivity index (χ1n) is 8.48.